The molecule has 2 aromatic heterocycles. The molecule has 3 rings (SSSR count). The normalized spacial score (nSPS) is 10.4. The predicted molar refractivity (Wildman–Crippen MR) is 100 cm³/mol. The van der Waals surface area contributed by atoms with Crippen LogP contribution in [0.25, 0.3) is 0 Å². The van der Waals surface area contributed by atoms with Crippen molar-refractivity contribution in [3.05, 3.63) is 75.6 Å². The SMILES string of the molecule is O=C(Nc1ccc(NCCc2cccc(Cl)c2)nc1)c1cccs1. The molecule has 0 bridgehead atoms. The van der Waals surface area contributed by atoms with E-state index in [2.05, 4.69) is 15.6 Å². The third-order valence-electron chi connectivity index (χ3n) is 3.38. The number of amides is 1. The number of rotatable bonds is 6. The number of hydrogen-bond donors (Lipinski definition) is 2. The van der Waals surface area contributed by atoms with Crippen LogP contribution in [0.2, 0.25) is 5.02 Å². The number of hydrogen-bond acceptors (Lipinski definition) is 4. The number of nitrogens with one attached hydrogen (secondary N) is 2. The van der Waals surface area contributed by atoms with Gasteiger partial charge in [0.2, 0.25) is 0 Å². The molecule has 1 aromatic carbocycles. The second-order valence-electron chi connectivity index (χ2n) is 5.17. The van der Waals surface area contributed by atoms with Gasteiger partial charge in [-0.2, -0.15) is 0 Å². The molecular formula is C18H16ClN3OS. The van der Waals surface area contributed by atoms with Crippen molar-refractivity contribution in [2.75, 3.05) is 17.2 Å². The first kappa shape index (κ1) is 16.5. The average molecular weight is 358 g/mol. The lowest BCUT2D eigenvalue weighted by Gasteiger charge is -2.08. The second kappa shape index (κ2) is 7.95. The number of benzene rings is 1. The standard InChI is InChI=1S/C18H16ClN3OS/c19-14-4-1-3-13(11-14)8-9-20-17-7-6-15(12-21-17)22-18(23)16-5-2-10-24-16/h1-7,10-12H,8-9H2,(H,20,21)(H,22,23). The molecule has 122 valence electrons. The number of nitrogens with zero attached hydrogens (tertiary/aromatic N) is 1. The van der Waals surface area contributed by atoms with Gasteiger partial charge >= 0.3 is 0 Å². The number of halogens is 1. The Hall–Kier alpha value is -2.37. The maximum Gasteiger partial charge on any atom is 0.265 e. The molecule has 0 fully saturated rings. The van der Waals surface area contributed by atoms with Crippen LogP contribution in [0.5, 0.6) is 0 Å². The third-order valence-corrected chi connectivity index (χ3v) is 4.48. The lowest BCUT2D eigenvalue weighted by Crippen LogP contribution is -2.11. The Morgan fingerprint density at radius 1 is 1.17 bits per heavy atom. The van der Waals surface area contributed by atoms with Crippen LogP contribution in [0.15, 0.2) is 60.1 Å². The first-order valence-electron chi connectivity index (χ1n) is 7.50. The minimum absolute atomic E-state index is 0.117. The summed E-state index contributed by atoms with van der Waals surface area (Å²) in [6.07, 6.45) is 2.51. The lowest BCUT2D eigenvalue weighted by molar-refractivity contribution is 0.103. The van der Waals surface area contributed by atoms with Gasteiger partial charge in [0, 0.05) is 11.6 Å². The minimum Gasteiger partial charge on any atom is -0.370 e. The molecule has 6 heteroatoms. The van der Waals surface area contributed by atoms with E-state index in [1.807, 2.05) is 47.8 Å². The van der Waals surface area contributed by atoms with Gasteiger partial charge in [-0.3, -0.25) is 4.79 Å². The zero-order chi connectivity index (χ0) is 16.8. The van der Waals surface area contributed by atoms with Crippen molar-refractivity contribution in [2.45, 2.75) is 6.42 Å². The van der Waals surface area contributed by atoms with Gasteiger partial charge in [-0.25, -0.2) is 4.98 Å². The zero-order valence-corrected chi connectivity index (χ0v) is 14.4. The largest absolute Gasteiger partial charge is 0.370 e. The Morgan fingerprint density at radius 2 is 2.08 bits per heavy atom. The maximum absolute atomic E-state index is 12.0. The van der Waals surface area contributed by atoms with E-state index in [0.29, 0.717) is 10.6 Å². The van der Waals surface area contributed by atoms with Crippen LogP contribution in [-0.4, -0.2) is 17.4 Å². The highest BCUT2D eigenvalue weighted by Crippen LogP contribution is 2.15. The Kier molecular flexibility index (Phi) is 5.46. The molecule has 2 N–H and O–H groups in total. The van der Waals surface area contributed by atoms with Crippen molar-refractivity contribution in [1.82, 2.24) is 4.98 Å². The number of aromatic nitrogens is 1. The molecule has 0 radical (unpaired) electrons. The van der Waals surface area contributed by atoms with Gasteiger partial charge in [0.1, 0.15) is 5.82 Å². The quantitative estimate of drug-likeness (QED) is 0.672. The molecule has 0 saturated heterocycles. The Labute approximate surface area is 149 Å². The summed E-state index contributed by atoms with van der Waals surface area (Å²) in [6.45, 7) is 0.758. The molecule has 0 unspecified atom stereocenters. The minimum atomic E-state index is -0.117. The van der Waals surface area contributed by atoms with Gasteiger partial charge in [-0.15, -0.1) is 11.3 Å². The van der Waals surface area contributed by atoms with Crippen molar-refractivity contribution in [3.8, 4) is 0 Å². The van der Waals surface area contributed by atoms with Gasteiger partial charge in [0.25, 0.3) is 5.91 Å². The lowest BCUT2D eigenvalue weighted by atomic mass is 10.1. The molecule has 0 aliphatic carbocycles. The van der Waals surface area contributed by atoms with E-state index in [9.17, 15) is 4.79 Å². The van der Waals surface area contributed by atoms with Crippen LogP contribution in [0.4, 0.5) is 11.5 Å². The number of thiophene rings is 1. The fourth-order valence-electron chi connectivity index (χ4n) is 2.20. The molecule has 0 atom stereocenters. The van der Waals surface area contributed by atoms with Crippen LogP contribution < -0.4 is 10.6 Å². The number of anilines is 2. The van der Waals surface area contributed by atoms with Crippen molar-refractivity contribution in [2.24, 2.45) is 0 Å². The monoisotopic (exact) mass is 357 g/mol. The number of carbonyl (C=O) groups excluding carboxylic acids is 1. The average Bonchev–Trinajstić information content (AvgIpc) is 3.11. The highest BCUT2D eigenvalue weighted by atomic mass is 35.5. The molecule has 0 aliphatic heterocycles. The van der Waals surface area contributed by atoms with Gasteiger partial charge in [-0.1, -0.05) is 29.8 Å². The molecule has 0 spiro atoms. The first-order valence-corrected chi connectivity index (χ1v) is 8.76. The highest BCUT2D eigenvalue weighted by molar-refractivity contribution is 7.12. The van der Waals surface area contributed by atoms with E-state index >= 15 is 0 Å². The Bertz CT molecular complexity index is 803. The summed E-state index contributed by atoms with van der Waals surface area (Å²) in [7, 11) is 0. The van der Waals surface area contributed by atoms with E-state index in [1.54, 1.807) is 12.3 Å². The summed E-state index contributed by atoms with van der Waals surface area (Å²) in [5, 5.41) is 8.70. The van der Waals surface area contributed by atoms with Gasteiger partial charge < -0.3 is 10.6 Å². The molecule has 24 heavy (non-hydrogen) atoms. The van der Waals surface area contributed by atoms with E-state index < -0.39 is 0 Å². The third kappa shape index (κ3) is 4.57. The van der Waals surface area contributed by atoms with Crippen molar-refractivity contribution in [3.63, 3.8) is 0 Å². The molecule has 0 saturated carbocycles. The van der Waals surface area contributed by atoms with E-state index in [4.69, 9.17) is 11.6 Å². The van der Waals surface area contributed by atoms with E-state index in [-0.39, 0.29) is 5.91 Å². The van der Waals surface area contributed by atoms with E-state index in [1.165, 1.54) is 16.9 Å². The molecule has 2 heterocycles. The van der Waals surface area contributed by atoms with Crippen molar-refractivity contribution >= 4 is 40.4 Å². The van der Waals surface area contributed by atoms with Crippen molar-refractivity contribution < 1.29 is 4.79 Å². The summed E-state index contributed by atoms with van der Waals surface area (Å²) in [5.74, 6) is 0.652. The summed E-state index contributed by atoms with van der Waals surface area (Å²) >= 11 is 7.38. The maximum atomic E-state index is 12.0. The summed E-state index contributed by atoms with van der Waals surface area (Å²) in [5.41, 5.74) is 1.85. The number of pyridine rings is 1. The summed E-state index contributed by atoms with van der Waals surface area (Å²) in [4.78, 5) is 17.0. The zero-order valence-electron chi connectivity index (χ0n) is 12.8. The van der Waals surface area contributed by atoms with Crippen LogP contribution in [0.3, 0.4) is 0 Å². The molecule has 0 aliphatic rings. The Morgan fingerprint density at radius 3 is 2.79 bits per heavy atom. The van der Waals surface area contributed by atoms with Crippen LogP contribution in [-0.2, 0) is 6.42 Å². The summed E-state index contributed by atoms with van der Waals surface area (Å²) in [6, 6.07) is 15.1. The van der Waals surface area contributed by atoms with Gasteiger partial charge in [-0.05, 0) is 47.7 Å². The van der Waals surface area contributed by atoms with E-state index in [0.717, 1.165) is 23.8 Å². The predicted octanol–water partition coefficient (Wildman–Crippen LogP) is 4.70. The van der Waals surface area contributed by atoms with Crippen molar-refractivity contribution in [1.29, 1.82) is 0 Å². The summed E-state index contributed by atoms with van der Waals surface area (Å²) < 4.78 is 0. The molecule has 1 amide bonds. The van der Waals surface area contributed by atoms with Gasteiger partial charge in [0.15, 0.2) is 0 Å². The fourth-order valence-corrected chi connectivity index (χ4v) is 3.03. The topological polar surface area (TPSA) is 54.0 Å². The van der Waals surface area contributed by atoms with Gasteiger partial charge in [0.05, 0.1) is 16.8 Å². The van der Waals surface area contributed by atoms with Crippen LogP contribution in [0.1, 0.15) is 15.2 Å². The smallest absolute Gasteiger partial charge is 0.265 e. The fraction of sp³-hybridized carbons (Fsp3) is 0.111. The van der Waals surface area contributed by atoms with Crippen LogP contribution in [0, 0.1) is 0 Å². The second-order valence-corrected chi connectivity index (χ2v) is 6.55. The molecular weight excluding hydrogens is 342 g/mol. The van der Waals surface area contributed by atoms with Crippen LogP contribution >= 0.6 is 22.9 Å². The molecule has 3 aromatic rings. The molecule has 4 nitrogen and oxygen atoms in total. The first-order chi connectivity index (χ1) is 11.7. The highest BCUT2D eigenvalue weighted by Gasteiger charge is 2.06. The number of carbonyl (C=O) groups is 1. The Balaban J connectivity index is 1.50.